The Labute approximate surface area is 158 Å². The van der Waals surface area contributed by atoms with Gasteiger partial charge in [-0.2, -0.15) is 0 Å². The number of piperidine rings is 1. The van der Waals surface area contributed by atoms with E-state index in [4.69, 9.17) is 4.74 Å². The van der Waals surface area contributed by atoms with Crippen molar-refractivity contribution in [1.82, 2.24) is 15.2 Å². The molecule has 3 heterocycles. The van der Waals surface area contributed by atoms with Crippen LogP contribution in [-0.2, 0) is 14.3 Å². The van der Waals surface area contributed by atoms with Crippen LogP contribution in [0.2, 0.25) is 0 Å². The van der Waals surface area contributed by atoms with Crippen LogP contribution >= 0.6 is 0 Å². The third-order valence-corrected chi connectivity index (χ3v) is 4.67. The number of carbonyl (C=O) groups excluding carboxylic acids is 3. The van der Waals surface area contributed by atoms with Crippen LogP contribution in [0.3, 0.4) is 0 Å². The van der Waals surface area contributed by atoms with E-state index in [0.717, 1.165) is 11.4 Å². The zero-order chi connectivity index (χ0) is 19.6. The van der Waals surface area contributed by atoms with Gasteiger partial charge in [-0.25, -0.2) is 9.78 Å². The number of piperazine rings is 1. The van der Waals surface area contributed by atoms with Gasteiger partial charge in [-0.15, -0.1) is 0 Å². The molecule has 1 N–H and O–H groups in total. The van der Waals surface area contributed by atoms with E-state index in [1.165, 1.54) is 0 Å². The number of nitrogens with zero attached hydrogens (tertiary/aromatic N) is 3. The second-order valence-corrected chi connectivity index (χ2v) is 7.91. The lowest BCUT2D eigenvalue weighted by molar-refractivity contribution is -0.134. The molecule has 0 aromatic carbocycles. The number of anilines is 1. The summed E-state index contributed by atoms with van der Waals surface area (Å²) >= 11 is 0. The van der Waals surface area contributed by atoms with Gasteiger partial charge >= 0.3 is 6.09 Å². The average Bonchev–Trinajstić information content (AvgIpc) is 2.61. The minimum Gasteiger partial charge on any atom is -0.444 e. The zero-order valence-electron chi connectivity index (χ0n) is 16.0. The predicted octanol–water partition coefficient (Wildman–Crippen LogP) is 1.66. The van der Waals surface area contributed by atoms with Crippen molar-refractivity contribution in [1.29, 1.82) is 0 Å². The highest BCUT2D eigenvalue weighted by Gasteiger charge is 2.29. The van der Waals surface area contributed by atoms with Crippen molar-refractivity contribution < 1.29 is 19.1 Å². The maximum absolute atomic E-state index is 12.1. The van der Waals surface area contributed by atoms with Crippen LogP contribution in [0.5, 0.6) is 0 Å². The molecule has 1 aromatic heterocycles. The van der Waals surface area contributed by atoms with Gasteiger partial charge in [-0.05, 0) is 38.8 Å². The number of hydrogen-bond acceptors (Lipinski definition) is 6. The Morgan fingerprint density at radius 2 is 1.89 bits per heavy atom. The van der Waals surface area contributed by atoms with Crippen LogP contribution in [0.1, 0.15) is 45.1 Å². The van der Waals surface area contributed by atoms with Gasteiger partial charge in [0.05, 0.1) is 5.92 Å². The fourth-order valence-electron chi connectivity index (χ4n) is 3.25. The first-order valence-electron chi connectivity index (χ1n) is 9.25. The van der Waals surface area contributed by atoms with Gasteiger partial charge in [0, 0.05) is 38.8 Å². The minimum atomic E-state index is -0.498. The summed E-state index contributed by atoms with van der Waals surface area (Å²) in [5.41, 5.74) is 0.317. The lowest BCUT2D eigenvalue weighted by Crippen LogP contribution is -2.50. The molecule has 0 spiro atoms. The summed E-state index contributed by atoms with van der Waals surface area (Å²) in [5.74, 6) is 0.0126. The topological polar surface area (TPSA) is 91.8 Å². The Balaban J connectivity index is 1.57. The molecule has 8 heteroatoms. The number of amides is 3. The molecule has 2 fully saturated rings. The zero-order valence-corrected chi connectivity index (χ0v) is 16.0. The molecule has 0 radical (unpaired) electrons. The van der Waals surface area contributed by atoms with E-state index in [-0.39, 0.29) is 23.8 Å². The van der Waals surface area contributed by atoms with Gasteiger partial charge in [0.2, 0.25) is 11.8 Å². The van der Waals surface area contributed by atoms with Crippen molar-refractivity contribution in [3.05, 3.63) is 23.9 Å². The maximum atomic E-state index is 12.1. The van der Waals surface area contributed by atoms with Crippen molar-refractivity contribution in [2.75, 3.05) is 31.1 Å². The lowest BCUT2D eigenvalue weighted by atomic mass is 9.92. The molecule has 0 bridgehead atoms. The standard InChI is InChI=1S/C19H26N4O4/c1-19(2,3)27-18(26)23-10-8-22(9-11-23)15-6-4-13(12-20-15)14-5-7-16(24)21-17(14)25/h4,6,12,14H,5,7-11H2,1-3H3,(H,21,24,25)/t14-/m1/s1. The Hall–Kier alpha value is -2.64. The molecule has 0 unspecified atom stereocenters. The van der Waals surface area contributed by atoms with Gasteiger partial charge in [-0.1, -0.05) is 6.07 Å². The first-order chi connectivity index (χ1) is 12.7. The second-order valence-electron chi connectivity index (χ2n) is 7.91. The molecule has 1 atom stereocenters. The Morgan fingerprint density at radius 1 is 1.19 bits per heavy atom. The van der Waals surface area contributed by atoms with Gasteiger partial charge in [0.15, 0.2) is 0 Å². The SMILES string of the molecule is CC(C)(C)OC(=O)N1CCN(c2ccc([C@H]3CCC(=O)NC3=O)cn2)CC1. The third-order valence-electron chi connectivity index (χ3n) is 4.67. The van der Waals surface area contributed by atoms with E-state index in [1.807, 2.05) is 32.9 Å². The van der Waals surface area contributed by atoms with Crippen molar-refractivity contribution in [2.45, 2.75) is 45.1 Å². The maximum Gasteiger partial charge on any atom is 0.410 e. The monoisotopic (exact) mass is 374 g/mol. The summed E-state index contributed by atoms with van der Waals surface area (Å²) in [6.07, 6.45) is 2.28. The molecule has 2 saturated heterocycles. The molecule has 146 valence electrons. The molecule has 8 nitrogen and oxygen atoms in total. The Morgan fingerprint density at radius 3 is 2.44 bits per heavy atom. The molecular formula is C19H26N4O4. The molecule has 3 amide bonds. The first-order valence-corrected chi connectivity index (χ1v) is 9.25. The summed E-state index contributed by atoms with van der Waals surface area (Å²) in [4.78, 5) is 43.7. The molecule has 2 aliphatic heterocycles. The number of carbonyl (C=O) groups is 3. The predicted molar refractivity (Wildman–Crippen MR) is 99.4 cm³/mol. The summed E-state index contributed by atoms with van der Waals surface area (Å²) in [5, 5.41) is 2.37. The quantitative estimate of drug-likeness (QED) is 0.792. The molecule has 1 aromatic rings. The number of pyridine rings is 1. The number of aromatic nitrogens is 1. The molecule has 2 aliphatic rings. The molecule has 3 rings (SSSR count). The van der Waals surface area contributed by atoms with E-state index >= 15 is 0 Å². The van der Waals surface area contributed by atoms with Crippen molar-refractivity contribution >= 4 is 23.7 Å². The van der Waals surface area contributed by atoms with E-state index in [9.17, 15) is 14.4 Å². The second kappa shape index (κ2) is 7.54. The fourth-order valence-corrected chi connectivity index (χ4v) is 3.25. The van der Waals surface area contributed by atoms with Crippen LogP contribution in [0, 0.1) is 0 Å². The molecule has 0 aliphatic carbocycles. The van der Waals surface area contributed by atoms with Crippen LogP contribution in [-0.4, -0.2) is 59.6 Å². The van der Waals surface area contributed by atoms with Gasteiger partial charge in [-0.3, -0.25) is 14.9 Å². The lowest BCUT2D eigenvalue weighted by Gasteiger charge is -2.36. The smallest absolute Gasteiger partial charge is 0.410 e. The molecular weight excluding hydrogens is 348 g/mol. The number of ether oxygens (including phenoxy) is 1. The van der Waals surface area contributed by atoms with Crippen molar-refractivity contribution in [3.8, 4) is 0 Å². The highest BCUT2D eigenvalue weighted by Crippen LogP contribution is 2.25. The minimum absolute atomic E-state index is 0.219. The fraction of sp³-hybridized carbons (Fsp3) is 0.579. The van der Waals surface area contributed by atoms with Crippen LogP contribution in [0.4, 0.5) is 10.6 Å². The van der Waals surface area contributed by atoms with Crippen LogP contribution < -0.4 is 10.2 Å². The number of imide groups is 1. The summed E-state index contributed by atoms with van der Waals surface area (Å²) in [6, 6.07) is 3.78. The highest BCUT2D eigenvalue weighted by molar-refractivity contribution is 6.00. The summed E-state index contributed by atoms with van der Waals surface area (Å²) in [6.45, 7) is 8.06. The third kappa shape index (κ3) is 4.75. The summed E-state index contributed by atoms with van der Waals surface area (Å²) in [7, 11) is 0. The number of rotatable bonds is 2. The van der Waals surface area contributed by atoms with Crippen LogP contribution in [0.25, 0.3) is 0 Å². The van der Waals surface area contributed by atoms with E-state index in [2.05, 4.69) is 15.2 Å². The van der Waals surface area contributed by atoms with E-state index < -0.39 is 5.60 Å². The molecule has 27 heavy (non-hydrogen) atoms. The average molecular weight is 374 g/mol. The van der Waals surface area contributed by atoms with Gasteiger partial charge < -0.3 is 14.5 Å². The molecule has 0 saturated carbocycles. The first kappa shape index (κ1) is 19.1. The largest absolute Gasteiger partial charge is 0.444 e. The van der Waals surface area contributed by atoms with Gasteiger partial charge in [0.1, 0.15) is 11.4 Å². The normalized spacial score (nSPS) is 21.1. The van der Waals surface area contributed by atoms with E-state index in [1.54, 1.807) is 11.1 Å². The van der Waals surface area contributed by atoms with Crippen molar-refractivity contribution in [2.24, 2.45) is 0 Å². The van der Waals surface area contributed by atoms with Crippen molar-refractivity contribution in [3.63, 3.8) is 0 Å². The van der Waals surface area contributed by atoms with Crippen LogP contribution in [0.15, 0.2) is 18.3 Å². The van der Waals surface area contributed by atoms with Gasteiger partial charge in [0.25, 0.3) is 0 Å². The Bertz CT molecular complexity index is 718. The van der Waals surface area contributed by atoms with E-state index in [0.29, 0.717) is 39.0 Å². The highest BCUT2D eigenvalue weighted by atomic mass is 16.6. The summed E-state index contributed by atoms with van der Waals surface area (Å²) < 4.78 is 5.41. The number of hydrogen-bond donors (Lipinski definition) is 1. The Kier molecular flexibility index (Phi) is 5.34. The number of nitrogens with one attached hydrogen (secondary N) is 1.